The summed E-state index contributed by atoms with van der Waals surface area (Å²) in [5.74, 6) is 0. The normalized spacial score (nSPS) is 11.1. The van der Waals surface area contributed by atoms with Crippen molar-refractivity contribution in [2.24, 2.45) is 0 Å². The Kier molecular flexibility index (Phi) is 2.46. The maximum atomic E-state index is 8.88. The van der Waals surface area contributed by atoms with Crippen LogP contribution < -0.4 is 5.73 Å². The molecule has 1 heterocycles. The Balaban J connectivity index is 2.71. The fraction of sp³-hybridized carbons (Fsp3) is 0.200. The molecule has 0 fully saturated rings. The minimum Gasteiger partial charge on any atom is -0.395 e. The van der Waals surface area contributed by atoms with E-state index >= 15 is 0 Å². The van der Waals surface area contributed by atoms with Crippen LogP contribution in [-0.4, -0.2) is 16.3 Å². The number of aliphatic hydroxyl groups is 1. The molecule has 1 aromatic carbocycles. The second-order valence-electron chi connectivity index (χ2n) is 3.21. The number of hydrogen-bond acceptors (Lipinski definition) is 1. The smallest absolute Gasteiger partial charge is 0.138 e. The summed E-state index contributed by atoms with van der Waals surface area (Å²) >= 11 is 6.08. The minimum absolute atomic E-state index is 0.113. The number of rotatable bonds is 2. The van der Waals surface area contributed by atoms with Crippen LogP contribution in [0.1, 0.15) is 0 Å². The van der Waals surface area contributed by atoms with E-state index in [4.69, 9.17) is 16.7 Å². The lowest BCUT2D eigenvalue weighted by Crippen LogP contribution is -2.40. The third-order valence-electron chi connectivity index (χ3n) is 2.29. The van der Waals surface area contributed by atoms with Gasteiger partial charge in [0.15, 0.2) is 0 Å². The van der Waals surface area contributed by atoms with Crippen molar-refractivity contribution in [1.82, 2.24) is 4.57 Å². The zero-order valence-corrected chi connectivity index (χ0v) is 8.46. The third kappa shape index (κ3) is 1.39. The Bertz CT molecular complexity index is 464. The molecule has 0 aliphatic rings. The number of hydrogen-bond donors (Lipinski definition) is 2. The predicted octanol–water partition coefficient (Wildman–Crippen LogP) is 1.16. The van der Waals surface area contributed by atoms with Crippen molar-refractivity contribution in [3.8, 4) is 0 Å². The van der Waals surface area contributed by atoms with E-state index in [9.17, 15) is 0 Å². The molecule has 0 bridgehead atoms. The van der Waals surface area contributed by atoms with Crippen molar-refractivity contribution in [2.45, 2.75) is 6.54 Å². The van der Waals surface area contributed by atoms with Gasteiger partial charge in [0.25, 0.3) is 0 Å². The highest BCUT2D eigenvalue weighted by molar-refractivity contribution is 6.36. The van der Waals surface area contributed by atoms with Crippen molar-refractivity contribution in [2.75, 3.05) is 6.61 Å². The van der Waals surface area contributed by atoms with Crippen LogP contribution >= 0.6 is 11.6 Å². The van der Waals surface area contributed by atoms with Gasteiger partial charge in [-0.05, 0) is 12.1 Å². The summed E-state index contributed by atoms with van der Waals surface area (Å²) in [6.07, 6.45) is 1.83. The number of aliphatic hydroxyl groups excluding tert-OH is 1. The summed E-state index contributed by atoms with van der Waals surface area (Å²) in [5.41, 5.74) is 5.87. The average Bonchev–Trinajstić information content (AvgIpc) is 2.46. The zero-order valence-electron chi connectivity index (χ0n) is 7.70. The van der Waals surface area contributed by atoms with Gasteiger partial charge in [0.05, 0.1) is 22.5 Å². The largest absolute Gasteiger partial charge is 0.395 e. The van der Waals surface area contributed by atoms with Crippen LogP contribution in [0.3, 0.4) is 0 Å². The third-order valence-corrected chi connectivity index (χ3v) is 2.57. The Morgan fingerprint density at radius 1 is 1.43 bits per heavy atom. The molecule has 0 saturated carbocycles. The van der Waals surface area contributed by atoms with Gasteiger partial charge in [-0.1, -0.05) is 17.7 Å². The molecule has 0 unspecified atom stereocenters. The monoisotopic (exact) mass is 211 g/mol. The second kappa shape index (κ2) is 3.61. The number of halogens is 1. The molecule has 2 aromatic rings. The molecule has 3 nitrogen and oxygen atoms in total. The van der Waals surface area contributed by atoms with Gasteiger partial charge in [0.1, 0.15) is 5.69 Å². The van der Waals surface area contributed by atoms with E-state index in [-0.39, 0.29) is 6.61 Å². The first kappa shape index (κ1) is 9.52. The summed E-state index contributed by atoms with van der Waals surface area (Å²) < 4.78 is 1.94. The molecule has 0 aliphatic carbocycles. The summed E-state index contributed by atoms with van der Waals surface area (Å²) in [6.45, 7) is 0.675. The van der Waals surface area contributed by atoms with Crippen molar-refractivity contribution >= 4 is 28.2 Å². The number of quaternary nitrogens is 1. The van der Waals surface area contributed by atoms with Gasteiger partial charge in [-0.25, -0.2) is 0 Å². The Morgan fingerprint density at radius 3 is 2.93 bits per heavy atom. The van der Waals surface area contributed by atoms with E-state index in [0.29, 0.717) is 11.6 Å². The highest BCUT2D eigenvalue weighted by atomic mass is 35.5. The fourth-order valence-corrected chi connectivity index (χ4v) is 2.00. The zero-order chi connectivity index (χ0) is 10.1. The quantitative estimate of drug-likeness (QED) is 0.770. The van der Waals surface area contributed by atoms with E-state index in [1.165, 1.54) is 0 Å². The molecule has 0 saturated heterocycles. The van der Waals surface area contributed by atoms with E-state index in [1.54, 1.807) is 0 Å². The highest BCUT2D eigenvalue weighted by Crippen LogP contribution is 2.29. The summed E-state index contributed by atoms with van der Waals surface area (Å²) in [7, 11) is 0. The van der Waals surface area contributed by atoms with Crippen molar-refractivity contribution in [3.63, 3.8) is 0 Å². The van der Waals surface area contributed by atoms with Crippen LogP contribution in [0.5, 0.6) is 0 Å². The molecule has 4 heteroatoms. The van der Waals surface area contributed by atoms with Crippen LogP contribution in [0.4, 0.5) is 5.69 Å². The summed E-state index contributed by atoms with van der Waals surface area (Å²) in [4.78, 5) is 0. The molecule has 4 N–H and O–H groups in total. The van der Waals surface area contributed by atoms with E-state index < -0.39 is 0 Å². The maximum Gasteiger partial charge on any atom is 0.138 e. The minimum atomic E-state index is 0.113. The molecular formula is C10H12ClN2O+. The lowest BCUT2D eigenvalue weighted by Gasteiger charge is -2.01. The Hall–Kier alpha value is -1.03. The molecule has 14 heavy (non-hydrogen) atoms. The highest BCUT2D eigenvalue weighted by Gasteiger charge is 2.10. The van der Waals surface area contributed by atoms with Crippen molar-refractivity contribution in [1.29, 1.82) is 0 Å². The van der Waals surface area contributed by atoms with Crippen LogP contribution in [0, 0.1) is 0 Å². The lowest BCUT2D eigenvalue weighted by molar-refractivity contribution is -0.252. The Morgan fingerprint density at radius 2 is 2.21 bits per heavy atom. The van der Waals surface area contributed by atoms with Gasteiger partial charge in [-0.15, -0.1) is 0 Å². The maximum absolute atomic E-state index is 8.88. The first-order chi connectivity index (χ1) is 6.74. The molecule has 0 spiro atoms. The Labute approximate surface area is 86.7 Å². The topological polar surface area (TPSA) is 52.8 Å². The fourth-order valence-electron chi connectivity index (χ4n) is 1.67. The van der Waals surface area contributed by atoms with E-state index in [2.05, 4.69) is 5.73 Å². The first-order valence-corrected chi connectivity index (χ1v) is 4.82. The molecule has 0 atom stereocenters. The van der Waals surface area contributed by atoms with Crippen LogP contribution in [-0.2, 0) is 6.54 Å². The van der Waals surface area contributed by atoms with Crippen molar-refractivity contribution < 1.29 is 10.8 Å². The van der Waals surface area contributed by atoms with E-state index in [1.807, 2.05) is 29.0 Å². The molecule has 1 aromatic heterocycles. The SMILES string of the molecule is [NH3+]c1cccc2c1c(Cl)cn2CCO. The summed E-state index contributed by atoms with van der Waals surface area (Å²) in [6, 6.07) is 5.85. The number of benzene rings is 1. The van der Waals surface area contributed by atoms with Gasteiger partial charge < -0.3 is 15.4 Å². The number of fused-ring (bicyclic) bond motifs is 1. The molecule has 0 aliphatic heterocycles. The van der Waals surface area contributed by atoms with Crippen LogP contribution in [0.2, 0.25) is 5.02 Å². The molecule has 0 radical (unpaired) electrons. The number of nitrogens with zero attached hydrogens (tertiary/aromatic N) is 1. The van der Waals surface area contributed by atoms with Gasteiger partial charge in [0, 0.05) is 12.7 Å². The van der Waals surface area contributed by atoms with Gasteiger partial charge >= 0.3 is 0 Å². The average molecular weight is 212 g/mol. The lowest BCUT2D eigenvalue weighted by atomic mass is 10.2. The van der Waals surface area contributed by atoms with Gasteiger partial charge in [-0.2, -0.15) is 0 Å². The van der Waals surface area contributed by atoms with Crippen LogP contribution in [0.15, 0.2) is 24.4 Å². The first-order valence-electron chi connectivity index (χ1n) is 4.44. The second-order valence-corrected chi connectivity index (χ2v) is 3.61. The molecular weight excluding hydrogens is 200 g/mol. The molecule has 74 valence electrons. The predicted molar refractivity (Wildman–Crippen MR) is 56.6 cm³/mol. The van der Waals surface area contributed by atoms with Gasteiger partial charge in [0.2, 0.25) is 0 Å². The molecule has 2 rings (SSSR count). The van der Waals surface area contributed by atoms with Crippen molar-refractivity contribution in [3.05, 3.63) is 29.4 Å². The van der Waals surface area contributed by atoms with Crippen LogP contribution in [0.25, 0.3) is 10.9 Å². The summed E-state index contributed by atoms with van der Waals surface area (Å²) in [5, 5.41) is 10.5. The van der Waals surface area contributed by atoms with Gasteiger partial charge in [-0.3, -0.25) is 0 Å². The standard InChI is InChI=1S/C10H11ClN2O/c11-7-6-13(4-5-14)9-3-1-2-8(12)10(7)9/h1-3,6,14H,4-5,12H2/p+1. The number of aromatic nitrogens is 1. The van der Waals surface area contributed by atoms with E-state index in [0.717, 1.165) is 16.6 Å². The molecule has 0 amide bonds.